The number of nitrogens with zero attached hydrogens (tertiary/aromatic N) is 2. The lowest BCUT2D eigenvalue weighted by atomic mass is 10.2. The lowest BCUT2D eigenvalue weighted by molar-refractivity contribution is -0.306. The highest BCUT2D eigenvalue weighted by atomic mass is 16.4. The van der Waals surface area contributed by atoms with Crippen LogP contribution in [0.4, 0.5) is 5.95 Å². The van der Waals surface area contributed by atoms with E-state index in [4.69, 9.17) is 0 Å². The molecule has 1 rings (SSSR count). The van der Waals surface area contributed by atoms with Crippen LogP contribution in [0.3, 0.4) is 0 Å². The molecular formula is C10H14N3O2-. The van der Waals surface area contributed by atoms with Crippen LogP contribution in [0.5, 0.6) is 0 Å². The van der Waals surface area contributed by atoms with Crippen LogP contribution >= 0.6 is 0 Å². The fourth-order valence-electron chi connectivity index (χ4n) is 1.27. The van der Waals surface area contributed by atoms with E-state index in [1.807, 2.05) is 19.9 Å². The molecule has 0 fully saturated rings. The molecule has 1 atom stereocenters. The summed E-state index contributed by atoms with van der Waals surface area (Å²) in [6.45, 7) is 5.43. The van der Waals surface area contributed by atoms with Gasteiger partial charge in [0.1, 0.15) is 0 Å². The molecule has 1 N–H and O–H groups in total. The minimum absolute atomic E-state index is 0.337. The number of rotatable bonds is 4. The first-order valence-corrected chi connectivity index (χ1v) is 4.82. The third-order valence-electron chi connectivity index (χ3n) is 1.98. The maximum Gasteiger partial charge on any atom is 0.223 e. The van der Waals surface area contributed by atoms with E-state index in [1.165, 1.54) is 0 Å². The predicted octanol–water partition coefficient (Wildman–Crippen LogP) is 0.0338. The molecule has 5 heteroatoms. The number of carboxylic acid groups (broad SMARTS) is 1. The first kappa shape index (κ1) is 11.4. The largest absolute Gasteiger partial charge is 0.548 e. The second-order valence-electron chi connectivity index (χ2n) is 3.40. The number of carboxylic acids is 1. The van der Waals surface area contributed by atoms with Gasteiger partial charge in [-0.05, 0) is 26.3 Å². The predicted molar refractivity (Wildman–Crippen MR) is 54.2 cm³/mol. The van der Waals surface area contributed by atoms with Gasteiger partial charge in [-0.3, -0.25) is 0 Å². The summed E-state index contributed by atoms with van der Waals surface area (Å²) in [5, 5.41) is 13.4. The molecule has 0 saturated carbocycles. The normalized spacial score (nSPS) is 12.2. The van der Waals surface area contributed by atoms with E-state index >= 15 is 0 Å². The van der Waals surface area contributed by atoms with Gasteiger partial charge in [-0.15, -0.1) is 0 Å². The van der Waals surface area contributed by atoms with Crippen LogP contribution in [0.2, 0.25) is 0 Å². The zero-order valence-corrected chi connectivity index (χ0v) is 9.07. The molecule has 0 spiro atoms. The second-order valence-corrected chi connectivity index (χ2v) is 3.40. The molecule has 1 unspecified atom stereocenters. The number of hydrogen-bond acceptors (Lipinski definition) is 5. The van der Waals surface area contributed by atoms with Crippen LogP contribution in [0.1, 0.15) is 24.7 Å². The first-order valence-electron chi connectivity index (χ1n) is 4.82. The monoisotopic (exact) mass is 208 g/mol. The molecule has 0 aromatic carbocycles. The number of aromatic nitrogens is 2. The molecular weight excluding hydrogens is 194 g/mol. The molecule has 1 aromatic rings. The Morgan fingerprint density at radius 3 is 2.40 bits per heavy atom. The molecule has 0 radical (unpaired) electrons. The number of carbonyl (C=O) groups is 1. The van der Waals surface area contributed by atoms with Crippen molar-refractivity contribution in [2.24, 2.45) is 0 Å². The van der Waals surface area contributed by atoms with Gasteiger partial charge in [-0.2, -0.15) is 0 Å². The van der Waals surface area contributed by atoms with Crippen molar-refractivity contribution >= 4 is 11.9 Å². The van der Waals surface area contributed by atoms with Gasteiger partial charge in [-0.25, -0.2) is 9.97 Å². The Morgan fingerprint density at radius 2 is 2.00 bits per heavy atom. The second kappa shape index (κ2) is 4.72. The fraction of sp³-hybridized carbons (Fsp3) is 0.500. The molecule has 0 aliphatic carbocycles. The number of nitrogens with one attached hydrogen (secondary N) is 1. The highest BCUT2D eigenvalue weighted by Crippen LogP contribution is 2.06. The number of aryl methyl sites for hydroxylation is 2. The lowest BCUT2D eigenvalue weighted by Crippen LogP contribution is -2.40. The van der Waals surface area contributed by atoms with E-state index in [0.29, 0.717) is 12.4 Å². The van der Waals surface area contributed by atoms with E-state index in [1.54, 1.807) is 6.92 Å². The maximum atomic E-state index is 10.7. The highest BCUT2D eigenvalue weighted by molar-refractivity contribution is 5.74. The number of hydrogen-bond donors (Lipinski definition) is 1. The Morgan fingerprint density at radius 1 is 1.47 bits per heavy atom. The number of anilines is 1. The summed E-state index contributed by atoms with van der Waals surface area (Å²) in [6.07, 6.45) is 0.429. The number of carbonyl (C=O) groups excluding carboxylic acids is 1. The van der Waals surface area contributed by atoms with Gasteiger partial charge < -0.3 is 15.2 Å². The van der Waals surface area contributed by atoms with Gasteiger partial charge in [0.2, 0.25) is 5.95 Å². The Kier molecular flexibility index (Phi) is 3.60. The van der Waals surface area contributed by atoms with Gasteiger partial charge in [0.15, 0.2) is 0 Å². The van der Waals surface area contributed by atoms with Crippen LogP contribution in [-0.2, 0) is 4.79 Å². The minimum Gasteiger partial charge on any atom is -0.548 e. The molecule has 0 aliphatic rings. The van der Waals surface area contributed by atoms with Gasteiger partial charge >= 0.3 is 0 Å². The van der Waals surface area contributed by atoms with Crippen molar-refractivity contribution < 1.29 is 9.90 Å². The summed E-state index contributed by atoms with van der Waals surface area (Å²) in [4.78, 5) is 18.9. The number of aliphatic carboxylic acids is 1. The van der Waals surface area contributed by atoms with Crippen molar-refractivity contribution in [3.63, 3.8) is 0 Å². The Balaban J connectivity index is 2.83. The van der Waals surface area contributed by atoms with Gasteiger partial charge in [0.25, 0.3) is 0 Å². The van der Waals surface area contributed by atoms with E-state index in [0.717, 1.165) is 11.4 Å². The molecule has 5 nitrogen and oxygen atoms in total. The summed E-state index contributed by atoms with van der Waals surface area (Å²) in [5.74, 6) is -0.802. The summed E-state index contributed by atoms with van der Waals surface area (Å²) < 4.78 is 0. The van der Waals surface area contributed by atoms with Crippen LogP contribution in [-0.4, -0.2) is 22.0 Å². The molecule has 0 aliphatic heterocycles. The zero-order valence-electron chi connectivity index (χ0n) is 9.07. The van der Waals surface area contributed by atoms with Crippen molar-refractivity contribution in [1.29, 1.82) is 0 Å². The van der Waals surface area contributed by atoms with Crippen molar-refractivity contribution in [2.75, 3.05) is 5.32 Å². The first-order chi connectivity index (χ1) is 7.02. The SMILES string of the molecule is CCC(Nc1nc(C)cc(C)n1)C(=O)[O-]. The Labute approximate surface area is 88.6 Å². The fourth-order valence-corrected chi connectivity index (χ4v) is 1.27. The van der Waals surface area contributed by atoms with E-state index < -0.39 is 12.0 Å². The van der Waals surface area contributed by atoms with Crippen LogP contribution in [0, 0.1) is 13.8 Å². The average Bonchev–Trinajstić information content (AvgIpc) is 2.12. The molecule has 0 amide bonds. The van der Waals surface area contributed by atoms with E-state index in [9.17, 15) is 9.90 Å². The van der Waals surface area contributed by atoms with Crippen LogP contribution in [0.25, 0.3) is 0 Å². The summed E-state index contributed by atoms with van der Waals surface area (Å²) >= 11 is 0. The smallest absolute Gasteiger partial charge is 0.223 e. The quantitative estimate of drug-likeness (QED) is 0.755. The van der Waals surface area contributed by atoms with Gasteiger partial charge in [-0.1, -0.05) is 6.92 Å². The molecule has 0 bridgehead atoms. The van der Waals surface area contributed by atoms with Crippen LogP contribution < -0.4 is 10.4 Å². The van der Waals surface area contributed by atoms with Crippen molar-refractivity contribution in [1.82, 2.24) is 9.97 Å². The lowest BCUT2D eigenvalue weighted by Gasteiger charge is -2.17. The third kappa shape index (κ3) is 3.19. The van der Waals surface area contributed by atoms with E-state index in [2.05, 4.69) is 15.3 Å². The standard InChI is InChI=1S/C10H15N3O2/c1-4-8(9(14)15)13-10-11-6(2)5-7(3)12-10/h5,8H,4H2,1-3H3,(H,14,15)(H,11,12,13)/p-1. The Hall–Kier alpha value is -1.65. The van der Waals surface area contributed by atoms with Gasteiger partial charge in [0, 0.05) is 11.4 Å². The molecule has 82 valence electrons. The molecule has 1 heterocycles. The zero-order chi connectivity index (χ0) is 11.4. The van der Waals surface area contributed by atoms with Crippen molar-refractivity contribution in [3.05, 3.63) is 17.5 Å². The van der Waals surface area contributed by atoms with E-state index in [-0.39, 0.29) is 0 Å². The third-order valence-corrected chi connectivity index (χ3v) is 1.98. The molecule has 1 aromatic heterocycles. The summed E-state index contributed by atoms with van der Waals surface area (Å²) in [7, 11) is 0. The topological polar surface area (TPSA) is 77.9 Å². The molecule has 15 heavy (non-hydrogen) atoms. The average molecular weight is 208 g/mol. The minimum atomic E-state index is -1.14. The molecule has 0 saturated heterocycles. The highest BCUT2D eigenvalue weighted by Gasteiger charge is 2.08. The maximum absolute atomic E-state index is 10.7. The van der Waals surface area contributed by atoms with Crippen molar-refractivity contribution in [2.45, 2.75) is 33.2 Å². The summed E-state index contributed by atoms with van der Waals surface area (Å²) in [5.41, 5.74) is 1.61. The van der Waals surface area contributed by atoms with Crippen LogP contribution in [0.15, 0.2) is 6.07 Å². The summed E-state index contributed by atoms with van der Waals surface area (Å²) in [6, 6.07) is 1.08. The van der Waals surface area contributed by atoms with Gasteiger partial charge in [0.05, 0.1) is 12.0 Å². The van der Waals surface area contributed by atoms with Crippen molar-refractivity contribution in [3.8, 4) is 0 Å². The Bertz CT molecular complexity index is 345.